The summed E-state index contributed by atoms with van der Waals surface area (Å²) in [6.45, 7) is 0. The largest absolute Gasteiger partial charge is 0.348 e. The van der Waals surface area contributed by atoms with E-state index in [1.807, 2.05) is 18.3 Å². The first-order chi connectivity index (χ1) is 10.8. The molecule has 0 saturated carbocycles. The molecule has 2 atom stereocenters. The van der Waals surface area contributed by atoms with Gasteiger partial charge >= 0.3 is 0 Å². The van der Waals surface area contributed by atoms with Crippen LogP contribution in [0.4, 0.5) is 0 Å². The number of hydrogen-bond acceptors (Lipinski definition) is 4. The molecule has 6 nitrogen and oxygen atoms in total. The van der Waals surface area contributed by atoms with E-state index in [0.717, 1.165) is 18.5 Å². The van der Waals surface area contributed by atoms with E-state index in [1.165, 1.54) is 12.8 Å². The van der Waals surface area contributed by atoms with Crippen molar-refractivity contribution < 1.29 is 4.79 Å². The highest BCUT2D eigenvalue weighted by Crippen LogP contribution is 2.26. The van der Waals surface area contributed by atoms with Crippen molar-refractivity contribution in [2.24, 2.45) is 0 Å². The summed E-state index contributed by atoms with van der Waals surface area (Å²) in [7, 11) is 0. The Labute approximate surface area is 153 Å². The molecule has 0 spiro atoms. The van der Waals surface area contributed by atoms with E-state index in [0.29, 0.717) is 17.8 Å². The third-order valence-electron chi connectivity index (χ3n) is 4.55. The summed E-state index contributed by atoms with van der Waals surface area (Å²) in [5, 5.41) is 10.9. The van der Waals surface area contributed by atoms with Crippen molar-refractivity contribution in [2.45, 2.75) is 43.8 Å². The molecule has 1 amide bonds. The van der Waals surface area contributed by atoms with Gasteiger partial charge in [0.15, 0.2) is 0 Å². The summed E-state index contributed by atoms with van der Waals surface area (Å²) in [4.78, 5) is 16.6. The quantitative estimate of drug-likeness (QED) is 0.868. The van der Waals surface area contributed by atoms with Crippen molar-refractivity contribution in [1.29, 1.82) is 0 Å². The Morgan fingerprint density at radius 1 is 1.21 bits per heavy atom. The molecule has 8 heteroatoms. The first-order valence-electron chi connectivity index (χ1n) is 7.81. The minimum Gasteiger partial charge on any atom is -0.348 e. The van der Waals surface area contributed by atoms with Gasteiger partial charge in [-0.3, -0.25) is 9.78 Å². The van der Waals surface area contributed by atoms with Crippen LogP contribution in [0.2, 0.25) is 0 Å². The smallest absolute Gasteiger partial charge is 0.270 e. The number of halogens is 2. The Kier molecular flexibility index (Phi) is 6.21. The van der Waals surface area contributed by atoms with Crippen LogP contribution in [0.5, 0.6) is 0 Å². The minimum absolute atomic E-state index is 0. The van der Waals surface area contributed by atoms with Gasteiger partial charge in [-0.15, -0.1) is 24.8 Å². The Morgan fingerprint density at radius 2 is 1.96 bits per heavy atom. The summed E-state index contributed by atoms with van der Waals surface area (Å²) in [6.07, 6.45) is 9.70. The van der Waals surface area contributed by atoms with Gasteiger partial charge in [0.25, 0.3) is 5.91 Å². The van der Waals surface area contributed by atoms with Crippen LogP contribution in [0, 0.1) is 0 Å². The molecule has 2 unspecified atom stereocenters. The lowest BCUT2D eigenvalue weighted by Crippen LogP contribution is -2.48. The maximum atomic E-state index is 12.4. The van der Waals surface area contributed by atoms with Gasteiger partial charge in [0.05, 0.1) is 5.69 Å². The van der Waals surface area contributed by atoms with E-state index in [9.17, 15) is 4.79 Å². The zero-order valence-corrected chi connectivity index (χ0v) is 14.7. The fourth-order valence-corrected chi connectivity index (χ4v) is 3.54. The molecule has 2 aromatic heterocycles. The maximum absolute atomic E-state index is 12.4. The molecule has 4 rings (SSSR count). The van der Waals surface area contributed by atoms with E-state index >= 15 is 0 Å². The van der Waals surface area contributed by atoms with Crippen molar-refractivity contribution in [3.8, 4) is 5.69 Å². The molecule has 2 bridgehead atoms. The standard InChI is InChI=1S/C16H19N5O.2ClH/c22-16(20-13-8-11-2-3-12(9-13)19-11)15-10-14(4-6-17-15)21-7-1-5-18-21;;/h1,4-7,10-13,19H,2-3,8-9H2,(H,20,22);2*1H. The molecule has 0 radical (unpaired) electrons. The highest BCUT2D eigenvalue weighted by atomic mass is 35.5. The number of nitrogens with one attached hydrogen (secondary N) is 2. The fourth-order valence-electron chi connectivity index (χ4n) is 3.54. The summed E-state index contributed by atoms with van der Waals surface area (Å²) in [5.74, 6) is -0.0969. The zero-order valence-electron chi connectivity index (χ0n) is 13.1. The van der Waals surface area contributed by atoms with E-state index in [1.54, 1.807) is 23.1 Å². The zero-order chi connectivity index (χ0) is 14.9. The molecule has 2 aromatic rings. The van der Waals surface area contributed by atoms with Crippen LogP contribution in [0.25, 0.3) is 5.69 Å². The van der Waals surface area contributed by atoms with Crippen LogP contribution in [0.3, 0.4) is 0 Å². The molecular weight excluding hydrogens is 349 g/mol. The third kappa shape index (κ3) is 3.88. The number of hydrogen-bond donors (Lipinski definition) is 2. The van der Waals surface area contributed by atoms with E-state index < -0.39 is 0 Å². The van der Waals surface area contributed by atoms with Crippen molar-refractivity contribution >= 4 is 30.7 Å². The van der Waals surface area contributed by atoms with Gasteiger partial charge in [-0.25, -0.2) is 4.68 Å². The second-order valence-electron chi connectivity index (χ2n) is 6.13. The molecule has 2 aliphatic rings. The van der Waals surface area contributed by atoms with Crippen molar-refractivity contribution in [3.05, 3.63) is 42.5 Å². The van der Waals surface area contributed by atoms with Gasteiger partial charge in [0.2, 0.25) is 0 Å². The SMILES string of the molecule is Cl.Cl.O=C(NC1CC2CCC(C1)N2)c1cc(-n2cccn2)ccn1. The minimum atomic E-state index is -0.0969. The van der Waals surface area contributed by atoms with Crippen LogP contribution in [-0.2, 0) is 0 Å². The lowest BCUT2D eigenvalue weighted by Gasteiger charge is -2.29. The molecule has 4 heterocycles. The maximum Gasteiger partial charge on any atom is 0.270 e. The summed E-state index contributed by atoms with van der Waals surface area (Å²) < 4.78 is 1.73. The number of carbonyl (C=O) groups is 1. The van der Waals surface area contributed by atoms with Crippen molar-refractivity contribution in [2.75, 3.05) is 0 Å². The Balaban J connectivity index is 0.00000104. The number of aromatic nitrogens is 3. The number of nitrogens with zero attached hydrogens (tertiary/aromatic N) is 3. The second-order valence-corrected chi connectivity index (χ2v) is 6.13. The molecule has 130 valence electrons. The Bertz CT molecular complexity index is 667. The number of pyridine rings is 1. The van der Waals surface area contributed by atoms with Gasteiger partial charge in [-0.1, -0.05) is 0 Å². The lowest BCUT2D eigenvalue weighted by atomic mass is 10.00. The van der Waals surface area contributed by atoms with Crippen LogP contribution >= 0.6 is 24.8 Å². The second kappa shape index (κ2) is 7.96. The van der Waals surface area contributed by atoms with Crippen molar-refractivity contribution in [1.82, 2.24) is 25.4 Å². The van der Waals surface area contributed by atoms with Crippen LogP contribution in [0.15, 0.2) is 36.8 Å². The van der Waals surface area contributed by atoms with Gasteiger partial charge in [0, 0.05) is 36.7 Å². The number of carbonyl (C=O) groups excluding carboxylic acids is 1. The summed E-state index contributed by atoms with van der Waals surface area (Å²) >= 11 is 0. The van der Waals surface area contributed by atoms with Crippen LogP contribution in [0.1, 0.15) is 36.2 Å². The van der Waals surface area contributed by atoms with Crippen LogP contribution < -0.4 is 10.6 Å². The van der Waals surface area contributed by atoms with E-state index in [4.69, 9.17) is 0 Å². The first-order valence-corrected chi connectivity index (χ1v) is 7.81. The average Bonchev–Trinajstić information content (AvgIpc) is 3.17. The van der Waals surface area contributed by atoms with E-state index in [-0.39, 0.29) is 36.8 Å². The number of rotatable bonds is 3. The molecule has 24 heavy (non-hydrogen) atoms. The highest BCUT2D eigenvalue weighted by Gasteiger charge is 2.34. The fraction of sp³-hybridized carbons (Fsp3) is 0.438. The summed E-state index contributed by atoms with van der Waals surface area (Å²) in [6, 6.07) is 6.85. The Morgan fingerprint density at radius 3 is 2.62 bits per heavy atom. The van der Waals surface area contributed by atoms with Gasteiger partial charge in [-0.2, -0.15) is 5.10 Å². The first kappa shape index (κ1) is 18.7. The predicted octanol–water partition coefficient (Wildman–Crippen LogP) is 2.12. The molecular formula is C16H21Cl2N5O. The number of fused-ring (bicyclic) bond motifs is 2. The van der Waals surface area contributed by atoms with E-state index in [2.05, 4.69) is 20.7 Å². The number of piperidine rings is 1. The third-order valence-corrected chi connectivity index (χ3v) is 4.55. The van der Waals surface area contributed by atoms with Gasteiger partial charge in [0.1, 0.15) is 5.69 Å². The average molecular weight is 370 g/mol. The molecule has 2 aliphatic heterocycles. The molecule has 2 fully saturated rings. The topological polar surface area (TPSA) is 71.8 Å². The van der Waals surface area contributed by atoms with Crippen LogP contribution in [-0.4, -0.2) is 38.8 Å². The summed E-state index contributed by atoms with van der Waals surface area (Å²) in [5.41, 5.74) is 1.29. The molecule has 0 aromatic carbocycles. The molecule has 2 N–H and O–H groups in total. The van der Waals surface area contributed by atoms with Gasteiger partial charge in [-0.05, 0) is 43.9 Å². The molecule has 0 aliphatic carbocycles. The lowest BCUT2D eigenvalue weighted by molar-refractivity contribution is 0.0919. The Hall–Kier alpha value is -1.63. The molecule has 2 saturated heterocycles. The number of amides is 1. The monoisotopic (exact) mass is 369 g/mol. The normalized spacial score (nSPS) is 24.6. The van der Waals surface area contributed by atoms with Gasteiger partial charge < -0.3 is 10.6 Å². The predicted molar refractivity (Wildman–Crippen MR) is 96.3 cm³/mol. The van der Waals surface area contributed by atoms with Crippen molar-refractivity contribution in [3.63, 3.8) is 0 Å². The highest BCUT2D eigenvalue weighted by molar-refractivity contribution is 5.92.